The molecule has 2 aromatic heterocycles. The van der Waals surface area contributed by atoms with Crippen molar-refractivity contribution >= 4 is 40.4 Å². The van der Waals surface area contributed by atoms with Crippen molar-refractivity contribution < 1.29 is 14.3 Å². The third-order valence-electron chi connectivity index (χ3n) is 4.89. The average molecular weight is 478 g/mol. The minimum Gasteiger partial charge on any atom is -0.462 e. The molecule has 2 aromatic carbocycles. The molecule has 0 fully saturated rings. The number of fused-ring (bicyclic) bond motifs is 1. The fourth-order valence-corrected chi connectivity index (χ4v) is 3.79. The van der Waals surface area contributed by atoms with Crippen molar-refractivity contribution in [3.8, 4) is 5.69 Å². The van der Waals surface area contributed by atoms with E-state index in [1.54, 1.807) is 28.9 Å². The van der Waals surface area contributed by atoms with Crippen molar-refractivity contribution in [3.05, 3.63) is 76.7 Å². The Hall–Kier alpha value is -3.92. The molecule has 1 amide bonds. The van der Waals surface area contributed by atoms with E-state index in [-0.39, 0.29) is 23.2 Å². The van der Waals surface area contributed by atoms with Gasteiger partial charge in [0.15, 0.2) is 10.8 Å². The lowest BCUT2D eigenvalue weighted by molar-refractivity contribution is -0.113. The van der Waals surface area contributed by atoms with Crippen molar-refractivity contribution in [2.45, 2.75) is 24.9 Å². The molecule has 4 rings (SSSR count). The Kier molecular flexibility index (Phi) is 7.38. The number of H-pyrrole nitrogens is 1. The van der Waals surface area contributed by atoms with Gasteiger partial charge in [0.25, 0.3) is 5.56 Å². The lowest BCUT2D eigenvalue weighted by Gasteiger charge is -2.07. The fourth-order valence-electron chi connectivity index (χ4n) is 3.14. The number of ether oxygens (including phenoxy) is 1. The second kappa shape index (κ2) is 10.8. The number of hydrogen-bond donors (Lipinski definition) is 2. The number of thioether (sulfide) groups is 1. The zero-order chi connectivity index (χ0) is 23.9. The minimum atomic E-state index is -0.387. The highest BCUT2D eigenvalue weighted by Gasteiger charge is 2.13. The number of hydrogen-bond acceptors (Lipinski definition) is 7. The van der Waals surface area contributed by atoms with Crippen molar-refractivity contribution in [1.29, 1.82) is 0 Å². The molecule has 34 heavy (non-hydrogen) atoms. The van der Waals surface area contributed by atoms with E-state index >= 15 is 0 Å². The molecule has 0 aliphatic carbocycles. The zero-order valence-electron chi connectivity index (χ0n) is 18.5. The van der Waals surface area contributed by atoms with Gasteiger partial charge in [-0.05, 0) is 42.8 Å². The Morgan fingerprint density at radius 3 is 2.62 bits per heavy atom. The van der Waals surface area contributed by atoms with Crippen molar-refractivity contribution in [1.82, 2.24) is 19.7 Å². The maximum atomic E-state index is 12.4. The van der Waals surface area contributed by atoms with Gasteiger partial charge in [0, 0.05) is 5.69 Å². The third kappa shape index (κ3) is 5.52. The van der Waals surface area contributed by atoms with Gasteiger partial charge in [-0.2, -0.15) is 5.10 Å². The van der Waals surface area contributed by atoms with Crippen LogP contribution in [0.15, 0.2) is 70.7 Å². The molecule has 0 aliphatic heterocycles. The first-order valence-corrected chi connectivity index (χ1v) is 11.8. The molecular formula is C24H23N5O4S. The van der Waals surface area contributed by atoms with E-state index in [1.807, 2.05) is 37.3 Å². The minimum absolute atomic E-state index is 0.0364. The molecule has 0 aliphatic rings. The van der Waals surface area contributed by atoms with Gasteiger partial charge in [-0.1, -0.05) is 43.3 Å². The molecule has 10 heteroatoms. The standard InChI is InChI=1S/C24H23N5O4S/c1-2-3-13-33-23(32)16-9-11-17(12-10-16)26-20(30)15-34-24-27-21-19(22(31)28-24)14-25-29(21)18-7-5-4-6-8-18/h4-12,14H,2-3,13,15H2,1H3,(H,26,30)(H,27,28,31). The van der Waals surface area contributed by atoms with Crippen LogP contribution in [0.4, 0.5) is 5.69 Å². The molecule has 174 valence electrons. The summed E-state index contributed by atoms with van der Waals surface area (Å²) < 4.78 is 6.76. The summed E-state index contributed by atoms with van der Waals surface area (Å²) >= 11 is 1.11. The summed E-state index contributed by atoms with van der Waals surface area (Å²) in [5.74, 6) is -0.626. The molecule has 0 saturated carbocycles. The molecular weight excluding hydrogens is 454 g/mol. The van der Waals surface area contributed by atoms with E-state index in [0.717, 1.165) is 30.3 Å². The van der Waals surface area contributed by atoms with Gasteiger partial charge in [-0.3, -0.25) is 9.59 Å². The molecule has 2 N–H and O–H groups in total. The number of unbranched alkanes of at least 4 members (excludes halogenated alkanes) is 1. The zero-order valence-corrected chi connectivity index (χ0v) is 19.3. The van der Waals surface area contributed by atoms with Crippen LogP contribution in [0.25, 0.3) is 16.7 Å². The number of aromatic amines is 1. The topological polar surface area (TPSA) is 119 Å². The first kappa shape index (κ1) is 23.2. The maximum Gasteiger partial charge on any atom is 0.338 e. The Morgan fingerprint density at radius 2 is 1.88 bits per heavy atom. The number of carbonyl (C=O) groups excluding carboxylic acids is 2. The molecule has 0 bridgehead atoms. The number of aromatic nitrogens is 4. The number of carbonyl (C=O) groups is 2. The molecule has 4 aromatic rings. The lowest BCUT2D eigenvalue weighted by atomic mass is 10.2. The number of anilines is 1. The van der Waals surface area contributed by atoms with Crippen LogP contribution >= 0.6 is 11.8 Å². The van der Waals surface area contributed by atoms with Crippen LogP contribution in [0.5, 0.6) is 0 Å². The molecule has 0 unspecified atom stereocenters. The Labute approximate surface area is 199 Å². The van der Waals surface area contributed by atoms with Crippen LogP contribution in [-0.2, 0) is 9.53 Å². The van der Waals surface area contributed by atoms with Gasteiger partial charge < -0.3 is 15.0 Å². The summed E-state index contributed by atoms with van der Waals surface area (Å²) in [7, 11) is 0. The van der Waals surface area contributed by atoms with E-state index in [1.165, 1.54) is 6.20 Å². The summed E-state index contributed by atoms with van der Waals surface area (Å²) in [6, 6.07) is 15.9. The number of rotatable bonds is 9. The first-order chi connectivity index (χ1) is 16.5. The normalized spacial score (nSPS) is 10.9. The van der Waals surface area contributed by atoms with Crippen LogP contribution in [0.2, 0.25) is 0 Å². The summed E-state index contributed by atoms with van der Waals surface area (Å²) in [6.07, 6.45) is 3.24. The van der Waals surface area contributed by atoms with Gasteiger partial charge in [-0.15, -0.1) is 0 Å². The Bertz CT molecular complexity index is 1350. The number of esters is 1. The number of benzene rings is 2. The van der Waals surface area contributed by atoms with E-state index < -0.39 is 0 Å². The van der Waals surface area contributed by atoms with E-state index in [2.05, 4.69) is 20.4 Å². The molecule has 0 saturated heterocycles. The van der Waals surface area contributed by atoms with Gasteiger partial charge in [-0.25, -0.2) is 14.5 Å². The van der Waals surface area contributed by atoms with Crippen LogP contribution < -0.4 is 10.9 Å². The summed E-state index contributed by atoms with van der Waals surface area (Å²) in [4.78, 5) is 44.0. The number of para-hydroxylation sites is 1. The average Bonchev–Trinajstić information content (AvgIpc) is 3.28. The highest BCUT2D eigenvalue weighted by atomic mass is 32.2. The van der Waals surface area contributed by atoms with E-state index in [9.17, 15) is 14.4 Å². The molecule has 0 radical (unpaired) electrons. The smallest absolute Gasteiger partial charge is 0.338 e. The van der Waals surface area contributed by atoms with Gasteiger partial charge >= 0.3 is 5.97 Å². The Morgan fingerprint density at radius 1 is 1.12 bits per heavy atom. The molecule has 0 atom stereocenters. The van der Waals surface area contributed by atoms with Gasteiger partial charge in [0.05, 0.1) is 29.8 Å². The van der Waals surface area contributed by atoms with Gasteiger partial charge in [0.2, 0.25) is 5.91 Å². The quantitative estimate of drug-likeness (QED) is 0.163. The first-order valence-electron chi connectivity index (χ1n) is 10.8. The number of nitrogens with zero attached hydrogens (tertiary/aromatic N) is 3. The number of nitrogens with one attached hydrogen (secondary N) is 2. The van der Waals surface area contributed by atoms with Crippen LogP contribution in [0, 0.1) is 0 Å². The third-order valence-corrected chi connectivity index (χ3v) is 5.77. The van der Waals surface area contributed by atoms with Crippen LogP contribution in [0.1, 0.15) is 30.1 Å². The predicted octanol–water partition coefficient (Wildman–Crippen LogP) is 3.80. The second-order valence-corrected chi connectivity index (χ2v) is 8.37. The fraction of sp³-hybridized carbons (Fsp3) is 0.208. The highest BCUT2D eigenvalue weighted by molar-refractivity contribution is 7.99. The SMILES string of the molecule is CCCCOC(=O)c1ccc(NC(=O)CSc2nc3c(cnn3-c3ccccc3)c(=O)[nH]2)cc1. The highest BCUT2D eigenvalue weighted by Crippen LogP contribution is 2.18. The van der Waals surface area contributed by atoms with E-state index in [0.29, 0.717) is 34.0 Å². The Balaban J connectivity index is 1.39. The van der Waals surface area contributed by atoms with Crippen molar-refractivity contribution in [2.24, 2.45) is 0 Å². The number of amides is 1. The monoisotopic (exact) mass is 477 g/mol. The van der Waals surface area contributed by atoms with Crippen molar-refractivity contribution in [3.63, 3.8) is 0 Å². The molecule has 9 nitrogen and oxygen atoms in total. The van der Waals surface area contributed by atoms with Crippen LogP contribution in [-0.4, -0.2) is 44.0 Å². The lowest BCUT2D eigenvalue weighted by Crippen LogP contribution is -2.16. The van der Waals surface area contributed by atoms with Crippen molar-refractivity contribution in [2.75, 3.05) is 17.7 Å². The maximum absolute atomic E-state index is 12.4. The predicted molar refractivity (Wildman–Crippen MR) is 130 cm³/mol. The summed E-state index contributed by atoms with van der Waals surface area (Å²) in [6.45, 7) is 2.41. The van der Waals surface area contributed by atoms with Gasteiger partial charge in [0.1, 0.15) is 5.39 Å². The summed E-state index contributed by atoms with van der Waals surface area (Å²) in [5.41, 5.74) is 1.85. The van der Waals surface area contributed by atoms with Crippen LogP contribution in [0.3, 0.4) is 0 Å². The van der Waals surface area contributed by atoms with E-state index in [4.69, 9.17) is 4.74 Å². The largest absolute Gasteiger partial charge is 0.462 e. The summed E-state index contributed by atoms with van der Waals surface area (Å²) in [5, 5.41) is 7.72. The second-order valence-electron chi connectivity index (χ2n) is 7.40. The molecule has 2 heterocycles. The molecule has 0 spiro atoms.